The number of hydrogen-bond acceptors (Lipinski definition) is 2. The van der Waals surface area contributed by atoms with E-state index < -0.39 is 12.5 Å². The fourth-order valence-corrected chi connectivity index (χ4v) is 2.42. The van der Waals surface area contributed by atoms with Gasteiger partial charge in [-0.25, -0.2) is 8.78 Å². The number of alkyl halides is 2. The van der Waals surface area contributed by atoms with Crippen molar-refractivity contribution in [1.82, 2.24) is 10.2 Å². The molecule has 0 radical (unpaired) electrons. The van der Waals surface area contributed by atoms with Crippen LogP contribution in [-0.2, 0) is 0 Å². The van der Waals surface area contributed by atoms with Gasteiger partial charge in [0.2, 0.25) is 0 Å². The molecule has 2 nitrogen and oxygen atoms in total. The number of hydrogen-bond donors (Lipinski definition) is 1. The van der Waals surface area contributed by atoms with Crippen molar-refractivity contribution in [3.8, 4) is 0 Å². The van der Waals surface area contributed by atoms with Crippen molar-refractivity contribution in [1.29, 1.82) is 0 Å². The summed E-state index contributed by atoms with van der Waals surface area (Å²) in [6, 6.07) is 4.89. The second-order valence-electron chi connectivity index (χ2n) is 4.91. The molecule has 1 N–H and O–H groups in total. The lowest BCUT2D eigenvalue weighted by Crippen LogP contribution is -2.46. The summed E-state index contributed by atoms with van der Waals surface area (Å²) in [5.41, 5.74) is 2.95. The minimum Gasteiger partial charge on any atom is -0.314 e. The highest BCUT2D eigenvalue weighted by atomic mass is 19.3. The number of nitrogens with zero attached hydrogens (tertiary/aromatic N) is 1. The first kappa shape index (κ1) is 13.4. The Balaban J connectivity index is 2.25. The molecule has 0 saturated carbocycles. The van der Waals surface area contributed by atoms with Crippen LogP contribution in [0.25, 0.3) is 0 Å². The SMILES string of the molecule is Cc1ccc([C@H](C(F)F)N2CCNCC2)cc1C. The van der Waals surface area contributed by atoms with Crippen LogP contribution in [0.5, 0.6) is 0 Å². The second kappa shape index (κ2) is 5.76. The number of rotatable bonds is 3. The minimum atomic E-state index is -2.34. The maximum Gasteiger partial charge on any atom is 0.258 e. The standard InChI is InChI=1S/C14H20F2N2/c1-10-3-4-12(9-11(10)2)13(14(15)16)18-7-5-17-6-8-18/h3-4,9,13-14,17H,5-8H2,1-2H3/t13-/m1/s1. The summed E-state index contributed by atoms with van der Waals surface area (Å²) in [4.78, 5) is 1.88. The maximum absolute atomic E-state index is 13.3. The topological polar surface area (TPSA) is 15.3 Å². The summed E-state index contributed by atoms with van der Waals surface area (Å²) in [7, 11) is 0. The fourth-order valence-electron chi connectivity index (χ4n) is 2.42. The average Bonchev–Trinajstić information content (AvgIpc) is 2.35. The zero-order valence-electron chi connectivity index (χ0n) is 10.9. The molecule has 0 aromatic heterocycles. The lowest BCUT2D eigenvalue weighted by molar-refractivity contribution is 0.0181. The molecule has 0 spiro atoms. The third-order valence-electron chi connectivity index (χ3n) is 3.66. The molecule has 100 valence electrons. The van der Waals surface area contributed by atoms with E-state index in [2.05, 4.69) is 5.32 Å². The van der Waals surface area contributed by atoms with Crippen LogP contribution >= 0.6 is 0 Å². The van der Waals surface area contributed by atoms with Gasteiger partial charge in [-0.2, -0.15) is 0 Å². The molecule has 4 heteroatoms. The molecule has 1 aliphatic rings. The third-order valence-corrected chi connectivity index (χ3v) is 3.66. The molecule has 1 heterocycles. The van der Waals surface area contributed by atoms with Gasteiger partial charge in [0.25, 0.3) is 6.43 Å². The van der Waals surface area contributed by atoms with Crippen LogP contribution in [0.2, 0.25) is 0 Å². The van der Waals surface area contributed by atoms with E-state index in [1.807, 2.05) is 36.9 Å². The Bertz CT molecular complexity index is 401. The van der Waals surface area contributed by atoms with Gasteiger partial charge in [-0.05, 0) is 30.5 Å². The van der Waals surface area contributed by atoms with Crippen molar-refractivity contribution in [2.24, 2.45) is 0 Å². The highest BCUT2D eigenvalue weighted by Crippen LogP contribution is 2.29. The van der Waals surface area contributed by atoms with E-state index in [-0.39, 0.29) is 0 Å². The van der Waals surface area contributed by atoms with Crippen molar-refractivity contribution in [2.45, 2.75) is 26.3 Å². The van der Waals surface area contributed by atoms with Crippen molar-refractivity contribution in [2.75, 3.05) is 26.2 Å². The molecule has 18 heavy (non-hydrogen) atoms. The van der Waals surface area contributed by atoms with Crippen LogP contribution < -0.4 is 5.32 Å². The van der Waals surface area contributed by atoms with E-state index in [4.69, 9.17) is 0 Å². The Morgan fingerprint density at radius 3 is 2.33 bits per heavy atom. The third kappa shape index (κ3) is 2.87. The summed E-state index contributed by atoms with van der Waals surface area (Å²) in [5.74, 6) is 0. The lowest BCUT2D eigenvalue weighted by Gasteiger charge is -2.34. The summed E-state index contributed by atoms with van der Waals surface area (Å²) < 4.78 is 26.7. The van der Waals surface area contributed by atoms with Crippen molar-refractivity contribution < 1.29 is 8.78 Å². The average molecular weight is 254 g/mol. The molecular weight excluding hydrogens is 234 g/mol. The number of nitrogens with one attached hydrogen (secondary N) is 1. The summed E-state index contributed by atoms with van der Waals surface area (Å²) in [5, 5.41) is 3.19. The van der Waals surface area contributed by atoms with Gasteiger partial charge in [-0.15, -0.1) is 0 Å². The summed E-state index contributed by atoms with van der Waals surface area (Å²) in [6.45, 7) is 6.91. The summed E-state index contributed by atoms with van der Waals surface area (Å²) >= 11 is 0. The van der Waals surface area contributed by atoms with Gasteiger partial charge in [-0.1, -0.05) is 18.2 Å². The number of benzene rings is 1. The number of piperazine rings is 1. The maximum atomic E-state index is 13.3. The first-order valence-corrected chi connectivity index (χ1v) is 6.39. The van der Waals surface area contributed by atoms with E-state index in [9.17, 15) is 8.78 Å². The minimum absolute atomic E-state index is 0.682. The predicted octanol–water partition coefficient (Wildman–Crippen LogP) is 2.51. The normalized spacial score (nSPS) is 19.2. The largest absolute Gasteiger partial charge is 0.314 e. The van der Waals surface area contributed by atoms with Crippen molar-refractivity contribution >= 4 is 0 Å². The van der Waals surface area contributed by atoms with Gasteiger partial charge in [0.15, 0.2) is 0 Å². The zero-order chi connectivity index (χ0) is 13.1. The zero-order valence-corrected chi connectivity index (χ0v) is 10.9. The monoisotopic (exact) mass is 254 g/mol. The van der Waals surface area contributed by atoms with Gasteiger partial charge >= 0.3 is 0 Å². The molecule has 1 aromatic rings. The van der Waals surface area contributed by atoms with Gasteiger partial charge in [0, 0.05) is 26.2 Å². The summed E-state index contributed by atoms with van der Waals surface area (Å²) in [6.07, 6.45) is -2.34. The molecular formula is C14H20F2N2. The molecule has 1 atom stereocenters. The molecule has 0 unspecified atom stereocenters. The quantitative estimate of drug-likeness (QED) is 0.891. The smallest absolute Gasteiger partial charge is 0.258 e. The molecule has 0 bridgehead atoms. The highest BCUT2D eigenvalue weighted by molar-refractivity contribution is 5.32. The van der Waals surface area contributed by atoms with Gasteiger partial charge < -0.3 is 5.32 Å². The fraction of sp³-hybridized carbons (Fsp3) is 0.571. The Morgan fingerprint density at radius 2 is 1.78 bits per heavy atom. The van der Waals surface area contributed by atoms with E-state index in [1.165, 1.54) is 0 Å². The first-order valence-electron chi connectivity index (χ1n) is 6.39. The highest BCUT2D eigenvalue weighted by Gasteiger charge is 2.30. The number of aryl methyl sites for hydroxylation is 2. The predicted molar refractivity (Wildman–Crippen MR) is 69.1 cm³/mol. The van der Waals surface area contributed by atoms with Crippen LogP contribution in [0.1, 0.15) is 22.7 Å². The molecule has 1 aliphatic heterocycles. The van der Waals surface area contributed by atoms with Crippen LogP contribution in [-0.4, -0.2) is 37.5 Å². The Labute approximate surface area is 107 Å². The lowest BCUT2D eigenvalue weighted by atomic mass is 9.99. The van der Waals surface area contributed by atoms with E-state index in [1.54, 1.807) is 0 Å². The van der Waals surface area contributed by atoms with Crippen LogP contribution in [0.15, 0.2) is 18.2 Å². The van der Waals surface area contributed by atoms with Crippen molar-refractivity contribution in [3.05, 3.63) is 34.9 Å². The Morgan fingerprint density at radius 1 is 1.11 bits per heavy atom. The van der Waals surface area contributed by atoms with E-state index in [0.717, 1.165) is 29.8 Å². The van der Waals surface area contributed by atoms with Crippen LogP contribution in [0.4, 0.5) is 8.78 Å². The molecule has 0 aliphatic carbocycles. The molecule has 0 amide bonds. The van der Waals surface area contributed by atoms with E-state index >= 15 is 0 Å². The van der Waals surface area contributed by atoms with Gasteiger partial charge in [-0.3, -0.25) is 4.90 Å². The molecule has 2 rings (SSSR count). The molecule has 1 aromatic carbocycles. The van der Waals surface area contributed by atoms with Crippen LogP contribution in [0, 0.1) is 13.8 Å². The van der Waals surface area contributed by atoms with Gasteiger partial charge in [0.1, 0.15) is 0 Å². The number of halogens is 2. The van der Waals surface area contributed by atoms with Crippen molar-refractivity contribution in [3.63, 3.8) is 0 Å². The Hall–Kier alpha value is -1.00. The Kier molecular flexibility index (Phi) is 4.30. The first-order chi connectivity index (χ1) is 8.59. The molecule has 1 fully saturated rings. The van der Waals surface area contributed by atoms with E-state index in [0.29, 0.717) is 13.1 Å². The van der Waals surface area contributed by atoms with Gasteiger partial charge in [0.05, 0.1) is 6.04 Å². The van der Waals surface area contributed by atoms with Crippen LogP contribution in [0.3, 0.4) is 0 Å². The second-order valence-corrected chi connectivity index (χ2v) is 4.91. The molecule has 1 saturated heterocycles.